The van der Waals surface area contributed by atoms with E-state index in [0.29, 0.717) is 0 Å². The number of imidazole rings is 1. The molecule has 1 fully saturated rings. The Bertz CT molecular complexity index is 683. The number of aromatic nitrogens is 2. The van der Waals surface area contributed by atoms with Crippen molar-refractivity contribution in [2.24, 2.45) is 10.7 Å². The van der Waals surface area contributed by atoms with Crippen LogP contribution in [-0.4, -0.2) is 39.9 Å². The minimum atomic E-state index is 0.825. The predicted molar refractivity (Wildman–Crippen MR) is 85.0 cm³/mol. The molecule has 5 heteroatoms. The molecular weight excluding hydrogens is 262 g/mol. The SMILES string of the molecule is NC=Nc1ccc2c(c1)nc1n2CCN(C2CCC2)CC1. The lowest BCUT2D eigenvalue weighted by molar-refractivity contribution is 0.130. The molecule has 0 radical (unpaired) electrons. The van der Waals surface area contributed by atoms with E-state index in [4.69, 9.17) is 10.7 Å². The summed E-state index contributed by atoms with van der Waals surface area (Å²) in [6.45, 7) is 3.33. The number of fused-ring (bicyclic) bond motifs is 3. The fourth-order valence-electron chi connectivity index (χ4n) is 3.48. The summed E-state index contributed by atoms with van der Waals surface area (Å²) in [6, 6.07) is 6.97. The highest BCUT2D eigenvalue weighted by Gasteiger charge is 2.27. The van der Waals surface area contributed by atoms with Crippen LogP contribution in [0.4, 0.5) is 5.69 Å². The number of benzene rings is 1. The Hall–Kier alpha value is -1.88. The van der Waals surface area contributed by atoms with E-state index in [1.54, 1.807) is 0 Å². The van der Waals surface area contributed by atoms with Crippen molar-refractivity contribution < 1.29 is 0 Å². The lowest BCUT2D eigenvalue weighted by Crippen LogP contribution is -2.41. The monoisotopic (exact) mass is 283 g/mol. The number of hydrogen-bond acceptors (Lipinski definition) is 3. The predicted octanol–water partition coefficient (Wildman–Crippen LogP) is 2.07. The molecule has 1 aliphatic heterocycles. The highest BCUT2D eigenvalue weighted by Crippen LogP contribution is 2.28. The molecule has 0 atom stereocenters. The van der Waals surface area contributed by atoms with Crippen molar-refractivity contribution in [1.29, 1.82) is 0 Å². The smallest absolute Gasteiger partial charge is 0.111 e. The molecule has 0 spiro atoms. The van der Waals surface area contributed by atoms with Crippen LogP contribution >= 0.6 is 0 Å². The van der Waals surface area contributed by atoms with Gasteiger partial charge < -0.3 is 10.3 Å². The van der Waals surface area contributed by atoms with Crippen LogP contribution in [0.15, 0.2) is 23.2 Å². The Labute approximate surface area is 124 Å². The van der Waals surface area contributed by atoms with E-state index in [9.17, 15) is 0 Å². The number of hydrogen-bond donors (Lipinski definition) is 1. The molecular formula is C16H21N5. The summed E-state index contributed by atoms with van der Waals surface area (Å²) in [5, 5.41) is 0. The number of nitrogens with zero attached hydrogens (tertiary/aromatic N) is 4. The van der Waals surface area contributed by atoms with Gasteiger partial charge in [0.2, 0.25) is 0 Å². The van der Waals surface area contributed by atoms with Crippen molar-refractivity contribution in [3.8, 4) is 0 Å². The zero-order valence-corrected chi connectivity index (χ0v) is 12.2. The van der Waals surface area contributed by atoms with Crippen LogP contribution < -0.4 is 5.73 Å². The van der Waals surface area contributed by atoms with Gasteiger partial charge in [-0.25, -0.2) is 9.98 Å². The minimum absolute atomic E-state index is 0.825. The first kappa shape index (κ1) is 12.8. The Morgan fingerprint density at radius 1 is 1.24 bits per heavy atom. The van der Waals surface area contributed by atoms with Gasteiger partial charge in [0.15, 0.2) is 0 Å². The molecule has 2 aromatic rings. The summed E-state index contributed by atoms with van der Waals surface area (Å²) >= 11 is 0. The van der Waals surface area contributed by atoms with Gasteiger partial charge in [0.1, 0.15) is 5.82 Å². The van der Waals surface area contributed by atoms with Crippen molar-refractivity contribution >= 4 is 23.1 Å². The Morgan fingerprint density at radius 2 is 2.14 bits per heavy atom. The first-order chi connectivity index (χ1) is 10.3. The molecule has 0 saturated heterocycles. The molecule has 0 amide bonds. The lowest BCUT2D eigenvalue weighted by atomic mass is 9.91. The van der Waals surface area contributed by atoms with Crippen LogP contribution in [0.1, 0.15) is 25.1 Å². The topological polar surface area (TPSA) is 59.4 Å². The van der Waals surface area contributed by atoms with Crippen LogP contribution in [0.2, 0.25) is 0 Å². The maximum atomic E-state index is 5.36. The molecule has 0 unspecified atom stereocenters. The third kappa shape index (κ3) is 2.21. The van der Waals surface area contributed by atoms with Gasteiger partial charge in [0, 0.05) is 32.1 Å². The van der Waals surface area contributed by atoms with Gasteiger partial charge >= 0.3 is 0 Å². The van der Waals surface area contributed by atoms with Gasteiger partial charge in [0.25, 0.3) is 0 Å². The van der Waals surface area contributed by atoms with Gasteiger partial charge in [-0.05, 0) is 31.0 Å². The number of aliphatic imine (C=N–C) groups is 1. The van der Waals surface area contributed by atoms with Crippen molar-refractivity contribution in [3.05, 3.63) is 24.0 Å². The molecule has 2 heterocycles. The fraction of sp³-hybridized carbons (Fsp3) is 0.500. The molecule has 2 aliphatic rings. The lowest BCUT2D eigenvalue weighted by Gasteiger charge is -2.36. The zero-order chi connectivity index (χ0) is 14.2. The zero-order valence-electron chi connectivity index (χ0n) is 12.2. The average molecular weight is 283 g/mol. The minimum Gasteiger partial charge on any atom is -0.390 e. The summed E-state index contributed by atoms with van der Waals surface area (Å²) in [4.78, 5) is 11.6. The quantitative estimate of drug-likeness (QED) is 0.678. The maximum absolute atomic E-state index is 5.36. The maximum Gasteiger partial charge on any atom is 0.111 e. The van der Waals surface area contributed by atoms with E-state index >= 15 is 0 Å². The van der Waals surface area contributed by atoms with Crippen molar-refractivity contribution in [1.82, 2.24) is 14.5 Å². The highest BCUT2D eigenvalue weighted by molar-refractivity contribution is 5.80. The second-order valence-corrected chi connectivity index (χ2v) is 6.00. The highest BCUT2D eigenvalue weighted by atomic mass is 15.2. The molecule has 5 nitrogen and oxygen atoms in total. The summed E-state index contributed by atoms with van der Waals surface area (Å²) in [7, 11) is 0. The van der Waals surface area contributed by atoms with Gasteiger partial charge in [-0.2, -0.15) is 0 Å². The standard InChI is InChI=1S/C16H21N5/c17-11-18-12-4-5-15-14(10-12)19-16-6-7-20(8-9-21(15)16)13-2-1-3-13/h4-5,10-11,13H,1-3,6-9H2,(H2,17,18). The van der Waals surface area contributed by atoms with E-state index < -0.39 is 0 Å². The van der Waals surface area contributed by atoms with E-state index in [1.807, 2.05) is 12.1 Å². The van der Waals surface area contributed by atoms with Crippen LogP contribution in [0, 0.1) is 0 Å². The van der Waals surface area contributed by atoms with Crippen molar-refractivity contribution in [2.75, 3.05) is 13.1 Å². The molecule has 1 aromatic heterocycles. The van der Waals surface area contributed by atoms with Crippen LogP contribution in [0.3, 0.4) is 0 Å². The van der Waals surface area contributed by atoms with Gasteiger partial charge in [-0.1, -0.05) is 6.42 Å². The number of rotatable bonds is 2. The van der Waals surface area contributed by atoms with Gasteiger partial charge in [-0.15, -0.1) is 0 Å². The van der Waals surface area contributed by atoms with E-state index in [1.165, 1.54) is 36.9 Å². The average Bonchev–Trinajstić information content (AvgIpc) is 2.65. The van der Waals surface area contributed by atoms with Crippen LogP contribution in [0.5, 0.6) is 0 Å². The molecule has 110 valence electrons. The molecule has 1 saturated carbocycles. The van der Waals surface area contributed by atoms with Crippen molar-refractivity contribution in [3.63, 3.8) is 0 Å². The molecule has 1 aromatic carbocycles. The molecule has 2 N–H and O–H groups in total. The van der Waals surface area contributed by atoms with Gasteiger partial charge in [0.05, 0.1) is 23.1 Å². The molecule has 21 heavy (non-hydrogen) atoms. The summed E-state index contributed by atoms with van der Waals surface area (Å²) in [5.41, 5.74) is 8.48. The summed E-state index contributed by atoms with van der Waals surface area (Å²) in [6.07, 6.45) is 6.53. The molecule has 1 aliphatic carbocycles. The summed E-state index contributed by atoms with van der Waals surface area (Å²) < 4.78 is 2.38. The summed E-state index contributed by atoms with van der Waals surface area (Å²) in [5.74, 6) is 1.21. The Kier molecular flexibility index (Phi) is 3.15. The third-order valence-electron chi connectivity index (χ3n) is 4.86. The fourth-order valence-corrected chi connectivity index (χ4v) is 3.48. The van der Waals surface area contributed by atoms with Crippen LogP contribution in [0.25, 0.3) is 11.0 Å². The Balaban J connectivity index is 1.64. The first-order valence-electron chi connectivity index (χ1n) is 7.82. The van der Waals surface area contributed by atoms with E-state index in [2.05, 4.69) is 20.5 Å². The van der Waals surface area contributed by atoms with Crippen LogP contribution in [-0.2, 0) is 13.0 Å². The normalized spacial score (nSPS) is 20.6. The molecule has 4 rings (SSSR count). The number of nitrogens with two attached hydrogens (primary N) is 1. The van der Waals surface area contributed by atoms with Gasteiger partial charge in [-0.3, -0.25) is 4.90 Å². The van der Waals surface area contributed by atoms with Crippen molar-refractivity contribution in [2.45, 2.75) is 38.3 Å². The van der Waals surface area contributed by atoms with E-state index in [0.717, 1.165) is 43.3 Å². The largest absolute Gasteiger partial charge is 0.390 e. The van der Waals surface area contributed by atoms with E-state index in [-0.39, 0.29) is 0 Å². The third-order valence-corrected chi connectivity index (χ3v) is 4.86. The second kappa shape index (κ2) is 5.15. The first-order valence-corrected chi connectivity index (χ1v) is 7.82. The second-order valence-electron chi connectivity index (χ2n) is 6.00. The molecule has 0 bridgehead atoms. The Morgan fingerprint density at radius 3 is 2.90 bits per heavy atom.